The minimum Gasteiger partial charge on any atom is -1.00 e. The van der Waals surface area contributed by atoms with Crippen LogP contribution in [0.2, 0.25) is 0 Å². The fourth-order valence-corrected chi connectivity index (χ4v) is 0. The SMILES string of the molecule is [Cl-].[Cl-].[Cl-].[Cl-].[Cl-].[Cl-].[Cl-].[Cl-].[OH-].[OH-].[OH-].[OH-].[OH-].[OH-].[OH-].[OH-].[OH-].[OH-].[OH-].[Zr+4]. The summed E-state index contributed by atoms with van der Waals surface area (Å²) in [6.07, 6.45) is 0. The summed E-state index contributed by atoms with van der Waals surface area (Å²) in [6.45, 7) is 0. The molecule has 0 aliphatic rings. The first kappa shape index (κ1) is 1410. The predicted octanol–water partition coefficient (Wildman–Crippen LogP) is -25.9. The van der Waals surface area contributed by atoms with Crippen LogP contribution in [-0.2, 0) is 26.2 Å². The maximum atomic E-state index is 0. The molecule has 0 bridgehead atoms. The first-order valence-corrected chi connectivity index (χ1v) is 0. The minimum absolute atomic E-state index is 0. The summed E-state index contributed by atoms with van der Waals surface area (Å²) in [6, 6.07) is 0. The third-order valence-corrected chi connectivity index (χ3v) is 0. The van der Waals surface area contributed by atoms with Crippen molar-refractivity contribution in [3.8, 4) is 0 Å². The van der Waals surface area contributed by atoms with E-state index < -0.39 is 0 Å². The molecule has 11 nitrogen and oxygen atoms in total. The number of rotatable bonds is 0. The zero-order valence-electron chi connectivity index (χ0n) is 8.44. The van der Waals surface area contributed by atoms with Gasteiger partial charge in [-0.05, 0) is 0 Å². The van der Waals surface area contributed by atoms with Gasteiger partial charge in [-0.15, -0.1) is 0 Å². The Hall–Kier alpha value is 2.76. The van der Waals surface area contributed by atoms with E-state index >= 15 is 0 Å². The standard InChI is InChI=1S/8ClH.11H2O.Zr/h8*1H;11*1H2;/q;;;;;;;;;;;;;;;;;;;+4/p-19. The molecule has 0 atom stereocenters. The second-order valence-electron chi connectivity index (χ2n) is 0. The van der Waals surface area contributed by atoms with Gasteiger partial charge in [0.2, 0.25) is 0 Å². The molecule has 11 N–H and O–H groups in total. The Labute approximate surface area is 184 Å². The predicted molar refractivity (Wildman–Crippen MR) is 21.3 cm³/mol. The molecule has 0 aromatic carbocycles. The topological polar surface area (TPSA) is 330 Å². The molecule has 0 spiro atoms. The monoisotopic (exact) mass is 557 g/mol. The third-order valence-electron chi connectivity index (χ3n) is 0. The van der Waals surface area contributed by atoms with Crippen molar-refractivity contribution in [2.75, 3.05) is 0 Å². The molecule has 0 aliphatic heterocycles. The van der Waals surface area contributed by atoms with Crippen molar-refractivity contribution in [1.82, 2.24) is 0 Å². The molecule has 0 saturated carbocycles. The van der Waals surface area contributed by atoms with Gasteiger partial charge in [0.15, 0.2) is 0 Å². The zero-order valence-corrected chi connectivity index (χ0v) is 16.9. The van der Waals surface area contributed by atoms with E-state index in [9.17, 15) is 0 Å². The van der Waals surface area contributed by atoms with E-state index in [1.54, 1.807) is 0 Å². The summed E-state index contributed by atoms with van der Waals surface area (Å²) in [7, 11) is 0. The fraction of sp³-hybridized carbons (Fsp3) is 0. The van der Waals surface area contributed by atoms with Crippen molar-refractivity contribution in [3.63, 3.8) is 0 Å². The van der Waals surface area contributed by atoms with Crippen LogP contribution in [0, 0.1) is 0 Å². The van der Waals surface area contributed by atoms with E-state index in [2.05, 4.69) is 0 Å². The second-order valence-corrected chi connectivity index (χ2v) is 0. The van der Waals surface area contributed by atoms with E-state index in [0.29, 0.717) is 0 Å². The average Bonchev–Trinajstić information content (AvgIpc) is 0. The van der Waals surface area contributed by atoms with Crippen LogP contribution in [0.3, 0.4) is 0 Å². The van der Waals surface area contributed by atoms with E-state index in [1.165, 1.54) is 0 Å². The molecule has 0 fully saturated rings. The summed E-state index contributed by atoms with van der Waals surface area (Å²) >= 11 is 0. The van der Waals surface area contributed by atoms with Gasteiger partial charge in [-0.25, -0.2) is 0 Å². The molecule has 0 radical (unpaired) electrons. The number of hydrogen-bond donors (Lipinski definition) is 0. The van der Waals surface area contributed by atoms with E-state index in [4.69, 9.17) is 0 Å². The van der Waals surface area contributed by atoms with Gasteiger partial charge in [0.05, 0.1) is 0 Å². The van der Waals surface area contributed by atoms with Gasteiger partial charge in [0.1, 0.15) is 0 Å². The van der Waals surface area contributed by atoms with Gasteiger partial charge in [0, 0.05) is 0 Å². The molecule has 20 heteroatoms. The maximum Gasteiger partial charge on any atom is 4.00 e. The van der Waals surface area contributed by atoms with Crippen molar-refractivity contribution in [2.45, 2.75) is 0 Å². The van der Waals surface area contributed by atoms with Gasteiger partial charge in [-0.1, -0.05) is 0 Å². The Morgan fingerprint density at radius 3 is 0.150 bits per heavy atom. The normalized spacial score (nSPS) is 0. The Kier molecular flexibility index (Phi) is 86800. The van der Waals surface area contributed by atoms with Crippen LogP contribution in [0.1, 0.15) is 0 Å². The van der Waals surface area contributed by atoms with Crippen molar-refractivity contribution in [1.29, 1.82) is 0 Å². The summed E-state index contributed by atoms with van der Waals surface area (Å²) in [4.78, 5) is 0. The second kappa shape index (κ2) is 1230. The van der Waals surface area contributed by atoms with Crippen molar-refractivity contribution >= 4 is 0 Å². The molecular formula is H11Cl8O11Zr-15. The summed E-state index contributed by atoms with van der Waals surface area (Å²) in [5, 5.41) is 0. The van der Waals surface area contributed by atoms with Crippen LogP contribution in [0.4, 0.5) is 0 Å². The molecule has 0 aliphatic carbocycles. The van der Waals surface area contributed by atoms with Crippen LogP contribution >= 0.6 is 0 Å². The molecule has 0 amide bonds. The van der Waals surface area contributed by atoms with Crippen LogP contribution in [-0.4, -0.2) is 60.2 Å². The molecule has 0 heterocycles. The summed E-state index contributed by atoms with van der Waals surface area (Å²) in [5.41, 5.74) is 0. The Balaban J connectivity index is 0. The fourth-order valence-electron chi connectivity index (χ4n) is 0. The molecule has 0 aromatic rings. The first-order valence-electron chi connectivity index (χ1n) is 0. The Bertz CT molecular complexity index is 24.4. The number of halogens is 8. The van der Waals surface area contributed by atoms with Crippen LogP contribution < -0.4 is 99.3 Å². The first-order chi connectivity index (χ1) is 0. The minimum atomic E-state index is 0. The Morgan fingerprint density at radius 2 is 0.150 bits per heavy atom. The molecule has 20 heavy (non-hydrogen) atoms. The van der Waals surface area contributed by atoms with E-state index in [1.807, 2.05) is 0 Å². The van der Waals surface area contributed by atoms with Gasteiger partial charge >= 0.3 is 26.2 Å². The molecule has 0 saturated heterocycles. The van der Waals surface area contributed by atoms with Gasteiger partial charge in [0.25, 0.3) is 0 Å². The van der Waals surface area contributed by atoms with Gasteiger partial charge in [-0.2, -0.15) is 0 Å². The van der Waals surface area contributed by atoms with Gasteiger partial charge in [-0.3, -0.25) is 0 Å². The molecule has 0 aromatic heterocycles. The largest absolute Gasteiger partial charge is 4.00 e. The smallest absolute Gasteiger partial charge is 1.00 e. The van der Waals surface area contributed by atoms with Crippen LogP contribution in [0.15, 0.2) is 0 Å². The van der Waals surface area contributed by atoms with Crippen LogP contribution in [0.25, 0.3) is 0 Å². The third kappa shape index (κ3) is 1060. The number of hydrogen-bond acceptors (Lipinski definition) is 11. The van der Waals surface area contributed by atoms with Crippen molar-refractivity contribution in [3.05, 3.63) is 0 Å². The van der Waals surface area contributed by atoms with E-state index in [-0.39, 0.29) is 186 Å². The zero-order chi connectivity index (χ0) is 0. The summed E-state index contributed by atoms with van der Waals surface area (Å²) in [5.74, 6) is 0. The van der Waals surface area contributed by atoms with E-state index in [0.717, 1.165) is 0 Å². The van der Waals surface area contributed by atoms with Gasteiger partial charge < -0.3 is 159 Å². The molecular weight excluding hydrogens is 551 g/mol. The average molecular weight is 562 g/mol. The van der Waals surface area contributed by atoms with Crippen molar-refractivity contribution in [2.24, 2.45) is 0 Å². The van der Waals surface area contributed by atoms with Crippen molar-refractivity contribution < 1.29 is 186 Å². The molecule has 0 rings (SSSR count). The molecule has 0 unspecified atom stereocenters. The maximum absolute atomic E-state index is 0. The quantitative estimate of drug-likeness (QED) is 0.267. The summed E-state index contributed by atoms with van der Waals surface area (Å²) < 4.78 is 0. The molecule has 152 valence electrons. The Morgan fingerprint density at radius 1 is 0.150 bits per heavy atom. The van der Waals surface area contributed by atoms with Crippen LogP contribution in [0.5, 0.6) is 0 Å².